The van der Waals surface area contributed by atoms with Crippen molar-refractivity contribution in [2.45, 2.75) is 38.1 Å². The second-order valence-electron chi connectivity index (χ2n) is 5.17. The van der Waals surface area contributed by atoms with Crippen LogP contribution >= 0.6 is 0 Å². The van der Waals surface area contributed by atoms with E-state index in [1.54, 1.807) is 6.07 Å². The van der Waals surface area contributed by atoms with Gasteiger partial charge >= 0.3 is 0 Å². The van der Waals surface area contributed by atoms with Crippen LogP contribution in [0.1, 0.15) is 33.1 Å². The molecule has 6 heteroatoms. The number of rotatable bonds is 6. The molecule has 1 aromatic heterocycles. The SMILES string of the molecule is CC(C)(C#N)CCCCS(=O)(=O)c1ncccc1N. The standard InChI is InChI=1S/C13H19N3O2S/c1-13(2,10-14)7-3-4-9-19(17,18)12-11(15)6-5-8-16-12/h5-6,8H,3-4,7,9,15H2,1-2H3. The monoisotopic (exact) mass is 281 g/mol. The number of anilines is 1. The lowest BCUT2D eigenvalue weighted by Crippen LogP contribution is -2.13. The number of nitrogen functional groups attached to an aromatic ring is 1. The van der Waals surface area contributed by atoms with Crippen molar-refractivity contribution >= 4 is 15.5 Å². The summed E-state index contributed by atoms with van der Waals surface area (Å²) in [4.78, 5) is 3.83. The van der Waals surface area contributed by atoms with E-state index in [2.05, 4.69) is 11.1 Å². The molecule has 0 fully saturated rings. The highest BCUT2D eigenvalue weighted by Crippen LogP contribution is 2.23. The summed E-state index contributed by atoms with van der Waals surface area (Å²) in [6, 6.07) is 5.33. The molecule has 0 aliphatic carbocycles. The molecular weight excluding hydrogens is 262 g/mol. The number of nitriles is 1. The van der Waals surface area contributed by atoms with Crippen molar-refractivity contribution in [3.63, 3.8) is 0 Å². The fraction of sp³-hybridized carbons (Fsp3) is 0.538. The van der Waals surface area contributed by atoms with Gasteiger partial charge in [0.25, 0.3) is 0 Å². The maximum Gasteiger partial charge on any atom is 0.197 e. The van der Waals surface area contributed by atoms with Crippen molar-refractivity contribution in [1.82, 2.24) is 4.98 Å². The molecule has 0 aromatic carbocycles. The van der Waals surface area contributed by atoms with Crippen LogP contribution in [0.4, 0.5) is 5.69 Å². The van der Waals surface area contributed by atoms with Crippen molar-refractivity contribution in [3.8, 4) is 6.07 Å². The molecule has 0 unspecified atom stereocenters. The predicted octanol–water partition coefficient (Wildman–Crippen LogP) is 2.16. The van der Waals surface area contributed by atoms with Gasteiger partial charge in [-0.1, -0.05) is 6.42 Å². The number of hydrogen-bond acceptors (Lipinski definition) is 5. The predicted molar refractivity (Wildman–Crippen MR) is 73.9 cm³/mol. The molecule has 0 amide bonds. The van der Waals surface area contributed by atoms with Crippen LogP contribution in [0.3, 0.4) is 0 Å². The summed E-state index contributed by atoms with van der Waals surface area (Å²) in [5, 5.41) is 8.83. The fourth-order valence-corrected chi connectivity index (χ4v) is 3.10. The quantitative estimate of drug-likeness (QED) is 0.806. The Morgan fingerprint density at radius 2 is 2.11 bits per heavy atom. The Bertz CT molecular complexity index is 574. The first kappa shape index (κ1) is 15.4. The normalized spacial score (nSPS) is 12.1. The number of sulfone groups is 1. The van der Waals surface area contributed by atoms with E-state index in [4.69, 9.17) is 11.0 Å². The molecule has 1 aromatic rings. The zero-order valence-electron chi connectivity index (χ0n) is 11.3. The van der Waals surface area contributed by atoms with E-state index in [0.717, 1.165) is 0 Å². The molecule has 1 heterocycles. The third-order valence-corrected chi connectivity index (χ3v) is 4.62. The van der Waals surface area contributed by atoms with E-state index in [9.17, 15) is 8.42 Å². The number of nitrogens with zero attached hydrogens (tertiary/aromatic N) is 2. The van der Waals surface area contributed by atoms with Crippen LogP contribution < -0.4 is 5.73 Å². The van der Waals surface area contributed by atoms with Gasteiger partial charge in [0.1, 0.15) is 0 Å². The molecule has 1 rings (SSSR count). The van der Waals surface area contributed by atoms with Crippen LogP contribution in [-0.2, 0) is 9.84 Å². The van der Waals surface area contributed by atoms with Gasteiger partial charge in [0, 0.05) is 6.20 Å². The maximum absolute atomic E-state index is 12.0. The van der Waals surface area contributed by atoms with Gasteiger partial charge in [0.05, 0.1) is 22.9 Å². The number of pyridine rings is 1. The molecule has 0 spiro atoms. The molecule has 0 aliphatic heterocycles. The highest BCUT2D eigenvalue weighted by atomic mass is 32.2. The van der Waals surface area contributed by atoms with Crippen molar-refractivity contribution in [3.05, 3.63) is 18.3 Å². The molecule has 19 heavy (non-hydrogen) atoms. The highest BCUT2D eigenvalue weighted by molar-refractivity contribution is 7.91. The summed E-state index contributed by atoms with van der Waals surface area (Å²) in [5.74, 6) is 0.00964. The fourth-order valence-electron chi connectivity index (χ4n) is 1.67. The van der Waals surface area contributed by atoms with Gasteiger partial charge in [0.15, 0.2) is 14.9 Å². The summed E-state index contributed by atoms with van der Waals surface area (Å²) in [6.45, 7) is 3.69. The van der Waals surface area contributed by atoms with E-state index < -0.39 is 15.3 Å². The average molecular weight is 281 g/mol. The lowest BCUT2D eigenvalue weighted by Gasteiger charge is -2.14. The minimum atomic E-state index is -3.43. The minimum Gasteiger partial charge on any atom is -0.396 e. The van der Waals surface area contributed by atoms with Gasteiger partial charge in [-0.05, 0) is 38.8 Å². The van der Waals surface area contributed by atoms with Crippen LogP contribution in [0.2, 0.25) is 0 Å². The molecule has 0 aliphatic rings. The Morgan fingerprint density at radius 3 is 2.68 bits per heavy atom. The number of nitrogens with two attached hydrogens (primary N) is 1. The lowest BCUT2D eigenvalue weighted by atomic mass is 9.89. The first-order valence-corrected chi connectivity index (χ1v) is 7.78. The van der Waals surface area contributed by atoms with Gasteiger partial charge in [0.2, 0.25) is 0 Å². The topological polar surface area (TPSA) is 96.8 Å². The molecule has 0 saturated carbocycles. The largest absolute Gasteiger partial charge is 0.396 e. The number of aromatic nitrogens is 1. The molecule has 5 nitrogen and oxygen atoms in total. The molecule has 0 bridgehead atoms. The van der Waals surface area contributed by atoms with E-state index in [1.807, 2.05) is 13.8 Å². The van der Waals surface area contributed by atoms with E-state index >= 15 is 0 Å². The first-order chi connectivity index (χ1) is 8.78. The first-order valence-electron chi connectivity index (χ1n) is 6.13. The molecule has 0 atom stereocenters. The van der Waals surface area contributed by atoms with Gasteiger partial charge in [-0.25, -0.2) is 13.4 Å². The molecule has 0 saturated heterocycles. The van der Waals surface area contributed by atoms with Crippen molar-refractivity contribution in [2.75, 3.05) is 11.5 Å². The summed E-state index contributed by atoms with van der Waals surface area (Å²) in [5.41, 5.74) is 5.39. The Hall–Kier alpha value is -1.61. The zero-order valence-corrected chi connectivity index (χ0v) is 12.1. The van der Waals surface area contributed by atoms with Gasteiger partial charge < -0.3 is 5.73 Å². The summed E-state index contributed by atoms with van der Waals surface area (Å²) in [6.07, 6.45) is 3.29. The number of unbranched alkanes of at least 4 members (excludes halogenated alkanes) is 1. The Labute approximate surface area is 114 Å². The molecule has 0 radical (unpaired) electrons. The van der Waals surface area contributed by atoms with Crippen molar-refractivity contribution in [1.29, 1.82) is 5.26 Å². The highest BCUT2D eigenvalue weighted by Gasteiger charge is 2.20. The van der Waals surface area contributed by atoms with Crippen LogP contribution in [-0.4, -0.2) is 19.2 Å². The average Bonchev–Trinajstić information content (AvgIpc) is 2.35. The second-order valence-corrected chi connectivity index (χ2v) is 7.19. The van der Waals surface area contributed by atoms with Crippen LogP contribution in [0.15, 0.2) is 23.4 Å². The zero-order chi connectivity index (χ0) is 14.5. The maximum atomic E-state index is 12.0. The Balaban J connectivity index is 2.59. The molecule has 104 valence electrons. The van der Waals surface area contributed by atoms with E-state index in [0.29, 0.717) is 19.3 Å². The van der Waals surface area contributed by atoms with Crippen molar-refractivity contribution in [2.24, 2.45) is 5.41 Å². The van der Waals surface area contributed by atoms with Gasteiger partial charge in [-0.15, -0.1) is 0 Å². The molecular formula is C13H19N3O2S. The lowest BCUT2D eigenvalue weighted by molar-refractivity contribution is 0.431. The molecule has 2 N–H and O–H groups in total. The Morgan fingerprint density at radius 1 is 1.42 bits per heavy atom. The van der Waals surface area contributed by atoms with Gasteiger partial charge in [-0.3, -0.25) is 0 Å². The van der Waals surface area contributed by atoms with Crippen LogP contribution in [0, 0.1) is 16.7 Å². The Kier molecular flexibility index (Phi) is 4.90. The van der Waals surface area contributed by atoms with Gasteiger partial charge in [-0.2, -0.15) is 5.26 Å². The van der Waals surface area contributed by atoms with E-state index in [-0.39, 0.29) is 16.5 Å². The second kappa shape index (κ2) is 6.02. The third-order valence-electron chi connectivity index (χ3n) is 2.86. The van der Waals surface area contributed by atoms with Crippen LogP contribution in [0.25, 0.3) is 0 Å². The minimum absolute atomic E-state index is 0.00964. The van der Waals surface area contributed by atoms with Crippen molar-refractivity contribution < 1.29 is 8.42 Å². The summed E-state index contributed by atoms with van der Waals surface area (Å²) < 4.78 is 24.1. The van der Waals surface area contributed by atoms with E-state index in [1.165, 1.54) is 12.3 Å². The summed E-state index contributed by atoms with van der Waals surface area (Å²) >= 11 is 0. The van der Waals surface area contributed by atoms with Crippen LogP contribution in [0.5, 0.6) is 0 Å². The third kappa shape index (κ3) is 4.52. The smallest absolute Gasteiger partial charge is 0.197 e. The summed E-state index contributed by atoms with van der Waals surface area (Å²) in [7, 11) is -3.43. The number of hydrogen-bond donors (Lipinski definition) is 1.